The Labute approximate surface area is 224 Å². The third-order valence-corrected chi connectivity index (χ3v) is 7.54. The molecule has 6 nitrogen and oxygen atoms in total. The van der Waals surface area contributed by atoms with Crippen molar-refractivity contribution in [1.82, 2.24) is 4.98 Å². The zero-order valence-corrected chi connectivity index (χ0v) is 22.1. The van der Waals surface area contributed by atoms with Crippen LogP contribution < -0.4 is 9.64 Å². The summed E-state index contributed by atoms with van der Waals surface area (Å²) < 4.78 is 21.8. The Hall–Kier alpha value is -4.04. The van der Waals surface area contributed by atoms with E-state index in [2.05, 4.69) is 11.9 Å². The maximum absolute atomic E-state index is 15.2. The zero-order valence-electron chi connectivity index (χ0n) is 21.3. The van der Waals surface area contributed by atoms with E-state index < -0.39 is 29.3 Å². The van der Waals surface area contributed by atoms with Gasteiger partial charge < -0.3 is 9.84 Å². The zero-order chi connectivity index (χ0) is 27.0. The van der Waals surface area contributed by atoms with Crippen molar-refractivity contribution in [3.8, 4) is 5.75 Å². The van der Waals surface area contributed by atoms with E-state index in [4.69, 9.17) is 4.74 Å². The predicted octanol–water partition coefficient (Wildman–Crippen LogP) is 6.86. The second-order valence-electron chi connectivity index (χ2n) is 9.35. The van der Waals surface area contributed by atoms with Crippen LogP contribution in [0.25, 0.3) is 16.0 Å². The number of amides is 1. The first-order chi connectivity index (χ1) is 18.3. The lowest BCUT2D eigenvalue weighted by Crippen LogP contribution is -2.29. The Kier molecular flexibility index (Phi) is 6.99. The lowest BCUT2D eigenvalue weighted by atomic mass is 9.95. The number of anilines is 1. The summed E-state index contributed by atoms with van der Waals surface area (Å²) in [4.78, 5) is 32.8. The quantitative estimate of drug-likeness (QED) is 0.122. The van der Waals surface area contributed by atoms with Gasteiger partial charge in [0.1, 0.15) is 23.4 Å². The van der Waals surface area contributed by atoms with Crippen LogP contribution in [0.1, 0.15) is 48.1 Å². The molecule has 194 valence electrons. The van der Waals surface area contributed by atoms with E-state index >= 15 is 4.39 Å². The van der Waals surface area contributed by atoms with Crippen LogP contribution in [0.3, 0.4) is 0 Å². The first-order valence-electron chi connectivity index (χ1n) is 12.5. The van der Waals surface area contributed by atoms with Gasteiger partial charge in [-0.1, -0.05) is 61.1 Å². The molecule has 2 heterocycles. The van der Waals surface area contributed by atoms with Gasteiger partial charge in [0.15, 0.2) is 5.13 Å². The van der Waals surface area contributed by atoms with Gasteiger partial charge in [0.2, 0.25) is 0 Å². The first kappa shape index (κ1) is 25.6. The number of carbonyl (C=O) groups is 2. The van der Waals surface area contributed by atoms with Gasteiger partial charge in [-0.3, -0.25) is 14.5 Å². The topological polar surface area (TPSA) is 79.7 Å². The molecule has 1 saturated heterocycles. The van der Waals surface area contributed by atoms with E-state index in [9.17, 15) is 14.7 Å². The summed E-state index contributed by atoms with van der Waals surface area (Å²) in [6, 6.07) is 15.4. The summed E-state index contributed by atoms with van der Waals surface area (Å²) >= 11 is 1.25. The number of carbonyl (C=O) groups excluding carboxylic acids is 2. The Morgan fingerprint density at radius 1 is 1.11 bits per heavy atom. The van der Waals surface area contributed by atoms with Crippen LogP contribution in [0.4, 0.5) is 9.52 Å². The molecule has 0 saturated carbocycles. The van der Waals surface area contributed by atoms with Crippen LogP contribution in [0.2, 0.25) is 0 Å². The van der Waals surface area contributed by atoms with Gasteiger partial charge in [0.05, 0.1) is 22.4 Å². The molecule has 1 aromatic heterocycles. The standard InChI is InChI=1S/C30H27FN2O4S/c1-4-5-13-37-20-10-8-9-19(16-20)27(34)24-26(21-11-6-7-12-22(21)31)33(29(36)28(24)35)30-32-25-18(3)14-17(2)15-23(25)38-30/h6-12,14-16,26,34H,4-5,13H2,1-3H3/b27-24+. The van der Waals surface area contributed by atoms with Crippen LogP contribution >= 0.6 is 11.3 Å². The number of hydrogen-bond acceptors (Lipinski definition) is 6. The minimum absolute atomic E-state index is 0.0933. The monoisotopic (exact) mass is 530 g/mol. The Morgan fingerprint density at radius 2 is 1.89 bits per heavy atom. The molecular formula is C30H27FN2O4S. The van der Waals surface area contributed by atoms with Gasteiger partial charge >= 0.3 is 5.91 Å². The number of fused-ring (bicyclic) bond motifs is 1. The fourth-order valence-electron chi connectivity index (χ4n) is 4.71. The lowest BCUT2D eigenvalue weighted by Gasteiger charge is -2.23. The molecule has 1 atom stereocenters. The van der Waals surface area contributed by atoms with Crippen molar-refractivity contribution >= 4 is 44.1 Å². The van der Waals surface area contributed by atoms with Crippen molar-refractivity contribution < 1.29 is 23.8 Å². The molecule has 1 fully saturated rings. The second kappa shape index (κ2) is 10.4. The maximum atomic E-state index is 15.2. The number of ketones is 1. The van der Waals surface area contributed by atoms with E-state index in [1.54, 1.807) is 30.3 Å². The summed E-state index contributed by atoms with van der Waals surface area (Å²) in [7, 11) is 0. The average Bonchev–Trinajstić information content (AvgIpc) is 3.43. The van der Waals surface area contributed by atoms with E-state index in [1.807, 2.05) is 26.0 Å². The molecule has 0 radical (unpaired) electrons. The number of Topliss-reactive ketones (excluding diaryl/α,β-unsaturated/α-hetero) is 1. The number of aliphatic hydroxyl groups excluding tert-OH is 1. The van der Waals surface area contributed by atoms with Crippen molar-refractivity contribution in [1.29, 1.82) is 0 Å². The summed E-state index contributed by atoms with van der Waals surface area (Å²) in [5, 5.41) is 11.7. The number of aryl methyl sites for hydroxylation is 2. The smallest absolute Gasteiger partial charge is 0.301 e. The number of aliphatic hydroxyl groups is 1. The normalized spacial score (nSPS) is 16.9. The second-order valence-corrected chi connectivity index (χ2v) is 10.4. The number of nitrogens with zero attached hydrogens (tertiary/aromatic N) is 2. The average molecular weight is 531 g/mol. The number of rotatable bonds is 7. The number of aromatic nitrogens is 1. The number of hydrogen-bond donors (Lipinski definition) is 1. The molecule has 38 heavy (non-hydrogen) atoms. The van der Waals surface area contributed by atoms with Crippen molar-refractivity contribution in [3.63, 3.8) is 0 Å². The van der Waals surface area contributed by atoms with Crippen molar-refractivity contribution in [3.05, 3.63) is 94.3 Å². The Morgan fingerprint density at radius 3 is 2.66 bits per heavy atom. The van der Waals surface area contributed by atoms with Gasteiger partial charge in [0, 0.05) is 11.1 Å². The molecule has 1 N–H and O–H groups in total. The van der Waals surface area contributed by atoms with E-state index in [1.165, 1.54) is 34.4 Å². The number of benzene rings is 3. The summed E-state index contributed by atoms with van der Waals surface area (Å²) in [5.41, 5.74) is 2.88. The molecule has 0 bridgehead atoms. The highest BCUT2D eigenvalue weighted by molar-refractivity contribution is 7.22. The molecule has 8 heteroatoms. The van der Waals surface area contributed by atoms with Crippen LogP contribution in [-0.4, -0.2) is 28.4 Å². The molecular weight excluding hydrogens is 503 g/mol. The first-order valence-corrected chi connectivity index (χ1v) is 13.3. The molecule has 5 rings (SSSR count). The van der Waals surface area contributed by atoms with Crippen molar-refractivity contribution in [2.75, 3.05) is 11.5 Å². The minimum atomic E-state index is -1.19. The highest BCUT2D eigenvalue weighted by atomic mass is 32.1. The summed E-state index contributed by atoms with van der Waals surface area (Å²) in [6.45, 7) is 6.46. The van der Waals surface area contributed by atoms with Crippen LogP contribution in [0.5, 0.6) is 5.75 Å². The molecule has 4 aromatic rings. The van der Waals surface area contributed by atoms with Crippen LogP contribution in [-0.2, 0) is 9.59 Å². The molecule has 3 aromatic carbocycles. The number of unbranched alkanes of at least 4 members (excludes halogenated alkanes) is 1. The van der Waals surface area contributed by atoms with Crippen molar-refractivity contribution in [2.24, 2.45) is 0 Å². The lowest BCUT2D eigenvalue weighted by molar-refractivity contribution is -0.132. The molecule has 0 spiro atoms. The number of thiazole rings is 1. The fraction of sp³-hybridized carbons (Fsp3) is 0.233. The Balaban J connectivity index is 1.68. The predicted molar refractivity (Wildman–Crippen MR) is 147 cm³/mol. The molecule has 1 amide bonds. The summed E-state index contributed by atoms with van der Waals surface area (Å²) in [6.07, 6.45) is 1.84. The van der Waals surface area contributed by atoms with Gasteiger partial charge in [-0.05, 0) is 55.7 Å². The highest BCUT2D eigenvalue weighted by Crippen LogP contribution is 2.45. The molecule has 1 aliphatic rings. The van der Waals surface area contributed by atoms with Gasteiger partial charge in [-0.2, -0.15) is 0 Å². The fourth-order valence-corrected chi connectivity index (χ4v) is 5.87. The highest BCUT2D eigenvalue weighted by Gasteiger charge is 2.49. The van der Waals surface area contributed by atoms with Crippen LogP contribution in [0.15, 0.2) is 66.2 Å². The largest absolute Gasteiger partial charge is 0.507 e. The van der Waals surface area contributed by atoms with Crippen LogP contribution in [0, 0.1) is 19.7 Å². The number of ether oxygens (including phenoxy) is 1. The van der Waals surface area contributed by atoms with Gasteiger partial charge in [0.25, 0.3) is 5.78 Å². The SMILES string of the molecule is CCCCOc1cccc(/C(O)=C2\C(=O)C(=O)N(c3nc4c(C)cc(C)cc4s3)C2c2ccccc2F)c1. The van der Waals surface area contributed by atoms with E-state index in [0.29, 0.717) is 23.4 Å². The molecule has 1 aliphatic heterocycles. The van der Waals surface area contributed by atoms with Gasteiger partial charge in [-0.25, -0.2) is 9.37 Å². The van der Waals surface area contributed by atoms with Crippen molar-refractivity contribution in [2.45, 2.75) is 39.7 Å². The molecule has 0 aliphatic carbocycles. The third-order valence-electron chi connectivity index (χ3n) is 6.54. The summed E-state index contributed by atoms with van der Waals surface area (Å²) in [5.74, 6) is -2.24. The Bertz CT molecular complexity index is 1590. The molecule has 1 unspecified atom stereocenters. The minimum Gasteiger partial charge on any atom is -0.507 e. The number of halogens is 1. The van der Waals surface area contributed by atoms with E-state index in [0.717, 1.165) is 28.7 Å². The van der Waals surface area contributed by atoms with Gasteiger partial charge in [-0.15, -0.1) is 0 Å². The van der Waals surface area contributed by atoms with E-state index in [-0.39, 0.29) is 16.3 Å². The maximum Gasteiger partial charge on any atom is 0.301 e. The third kappa shape index (κ3) is 4.56.